The van der Waals surface area contributed by atoms with Crippen LogP contribution in [0.5, 0.6) is 0 Å². The van der Waals surface area contributed by atoms with Crippen molar-refractivity contribution in [1.29, 1.82) is 0 Å². The number of halogens is 1. The van der Waals surface area contributed by atoms with Gasteiger partial charge < -0.3 is 15.0 Å². The zero-order valence-corrected chi connectivity index (χ0v) is 19.5. The summed E-state index contributed by atoms with van der Waals surface area (Å²) in [6.45, 7) is 9.59. The van der Waals surface area contributed by atoms with Crippen molar-refractivity contribution in [2.75, 3.05) is 19.0 Å². The molecule has 1 aromatic carbocycles. The molecule has 0 unspecified atom stereocenters. The van der Waals surface area contributed by atoms with E-state index < -0.39 is 0 Å². The van der Waals surface area contributed by atoms with Gasteiger partial charge in [-0.3, -0.25) is 9.79 Å². The fourth-order valence-electron chi connectivity index (χ4n) is 3.88. The highest BCUT2D eigenvalue weighted by Crippen LogP contribution is 2.31. The first kappa shape index (κ1) is 24.1. The van der Waals surface area contributed by atoms with Crippen LogP contribution in [0.1, 0.15) is 51.0 Å². The molecule has 0 radical (unpaired) electrons. The Hall–Kier alpha value is -3.55. The number of carbonyl (C=O) groups is 1. The lowest BCUT2D eigenvalue weighted by Crippen LogP contribution is -2.44. The van der Waals surface area contributed by atoms with Crippen molar-refractivity contribution in [3.8, 4) is 0 Å². The number of hydrogen-bond donors (Lipinski definition) is 1. The molecule has 0 saturated carbocycles. The first-order valence-corrected chi connectivity index (χ1v) is 10.9. The van der Waals surface area contributed by atoms with Gasteiger partial charge in [0.15, 0.2) is 0 Å². The van der Waals surface area contributed by atoms with Gasteiger partial charge in [-0.05, 0) is 57.7 Å². The third-order valence-corrected chi connectivity index (χ3v) is 5.70. The van der Waals surface area contributed by atoms with Gasteiger partial charge in [-0.2, -0.15) is 0 Å². The number of piperidine rings is 1. The van der Waals surface area contributed by atoms with Crippen LogP contribution in [0.3, 0.4) is 0 Å². The second-order valence-corrected chi connectivity index (χ2v) is 8.15. The monoisotopic (exact) mass is 451 g/mol. The molecule has 2 heterocycles. The van der Waals surface area contributed by atoms with Gasteiger partial charge in [-0.1, -0.05) is 6.07 Å². The molecule has 1 aromatic heterocycles. The molecule has 1 amide bonds. The zero-order chi connectivity index (χ0) is 24.0. The van der Waals surface area contributed by atoms with Gasteiger partial charge in [0.2, 0.25) is 5.91 Å². The average molecular weight is 452 g/mol. The van der Waals surface area contributed by atoms with Gasteiger partial charge in [-0.15, -0.1) is 0 Å². The van der Waals surface area contributed by atoms with Crippen LogP contribution in [0.25, 0.3) is 5.57 Å². The molecule has 1 N–H and O–H groups in total. The van der Waals surface area contributed by atoms with E-state index in [1.54, 1.807) is 38.4 Å². The highest BCUT2D eigenvalue weighted by atomic mass is 19.1. The Bertz CT molecular complexity index is 1080. The number of allylic oxidation sites excluding steroid dienone is 3. The van der Waals surface area contributed by atoms with Gasteiger partial charge in [0.25, 0.3) is 0 Å². The number of aromatic nitrogens is 2. The van der Waals surface area contributed by atoms with E-state index in [0.717, 1.165) is 12.8 Å². The number of nitrogens with one attached hydrogen (secondary N) is 1. The molecule has 174 valence electrons. The number of methoxy groups -OCH3 is 1. The van der Waals surface area contributed by atoms with Crippen molar-refractivity contribution in [1.82, 2.24) is 14.9 Å². The number of aliphatic imine (C=N–C) groups is 1. The average Bonchev–Trinajstić information content (AvgIpc) is 2.78. The molecule has 7 nitrogen and oxygen atoms in total. The topological polar surface area (TPSA) is 79.7 Å². The van der Waals surface area contributed by atoms with Crippen molar-refractivity contribution in [2.24, 2.45) is 4.99 Å². The van der Waals surface area contributed by atoms with Gasteiger partial charge in [0.05, 0.1) is 18.6 Å². The van der Waals surface area contributed by atoms with Gasteiger partial charge >= 0.3 is 0 Å². The molecule has 1 saturated heterocycles. The summed E-state index contributed by atoms with van der Waals surface area (Å²) in [6.07, 6.45) is 5.15. The van der Waals surface area contributed by atoms with Crippen LogP contribution >= 0.6 is 0 Å². The molecular weight excluding hydrogens is 421 g/mol. The molecule has 1 fully saturated rings. The Balaban J connectivity index is 2.06. The second-order valence-electron chi connectivity index (χ2n) is 8.15. The van der Waals surface area contributed by atoms with E-state index in [1.807, 2.05) is 17.9 Å². The highest BCUT2D eigenvalue weighted by Gasteiger charge is 2.30. The number of nitrogens with zero attached hydrogens (tertiary/aromatic N) is 4. The lowest BCUT2D eigenvalue weighted by Gasteiger charge is -2.37. The van der Waals surface area contributed by atoms with Crippen LogP contribution in [0.15, 0.2) is 53.4 Å². The largest absolute Gasteiger partial charge is 0.501 e. The minimum absolute atomic E-state index is 0.0245. The molecule has 0 bridgehead atoms. The first-order valence-electron chi connectivity index (χ1n) is 10.9. The maximum absolute atomic E-state index is 13.7. The summed E-state index contributed by atoms with van der Waals surface area (Å²) in [5.74, 6) is 1.48. The maximum atomic E-state index is 13.7. The van der Waals surface area contributed by atoms with Gasteiger partial charge in [-0.25, -0.2) is 14.4 Å². The van der Waals surface area contributed by atoms with Crippen molar-refractivity contribution in [2.45, 2.75) is 45.6 Å². The highest BCUT2D eigenvalue weighted by molar-refractivity contribution is 5.75. The molecule has 1 aliphatic heterocycles. The minimum Gasteiger partial charge on any atom is -0.501 e. The van der Waals surface area contributed by atoms with Crippen molar-refractivity contribution in [3.63, 3.8) is 0 Å². The molecule has 1 aliphatic rings. The predicted molar refractivity (Wildman–Crippen MR) is 129 cm³/mol. The standard InChI is InChI=1S/C25H30FN5O2/c1-16-9-10-19(15-31(16)18(3)32)25-29-23(20(14-27-4)11-17(2)33-5)13-24(30-25)28-22-8-6-7-21(26)12-22/h6-8,11-14,16,19H,4,9-10,15H2,1-3,5H3,(H,28,29,30)/b17-11+,20-14+/t16-,19+/m0/s1. The summed E-state index contributed by atoms with van der Waals surface area (Å²) in [7, 11) is 1.59. The summed E-state index contributed by atoms with van der Waals surface area (Å²) in [5.41, 5.74) is 1.89. The zero-order valence-electron chi connectivity index (χ0n) is 19.5. The Morgan fingerprint density at radius 1 is 1.30 bits per heavy atom. The minimum atomic E-state index is -0.344. The lowest BCUT2D eigenvalue weighted by molar-refractivity contribution is -0.132. The Morgan fingerprint density at radius 2 is 2.09 bits per heavy atom. The predicted octanol–water partition coefficient (Wildman–Crippen LogP) is 5.07. The van der Waals surface area contributed by atoms with Crippen LogP contribution in [-0.2, 0) is 9.53 Å². The number of ether oxygens (including phenoxy) is 1. The van der Waals surface area contributed by atoms with E-state index in [4.69, 9.17) is 14.7 Å². The third-order valence-electron chi connectivity index (χ3n) is 5.70. The van der Waals surface area contributed by atoms with Crippen LogP contribution in [0.4, 0.5) is 15.9 Å². The SMILES string of the molecule is C=N/C=C(\C=C(/C)OC)c1cc(Nc2cccc(F)c2)nc([C@@H]2CC[C@H](C)N(C(C)=O)C2)n1. The quantitative estimate of drug-likeness (QED) is 0.361. The summed E-state index contributed by atoms with van der Waals surface area (Å²) < 4.78 is 19.0. The molecule has 3 rings (SSSR count). The number of likely N-dealkylation sites (tertiary alicyclic amines) is 1. The normalized spacial score (nSPS) is 19.2. The summed E-state index contributed by atoms with van der Waals surface area (Å²) >= 11 is 0. The van der Waals surface area contributed by atoms with E-state index in [2.05, 4.69) is 24.0 Å². The third kappa shape index (κ3) is 6.25. The van der Waals surface area contributed by atoms with E-state index >= 15 is 0 Å². The number of benzene rings is 1. The number of carbonyl (C=O) groups excluding carboxylic acids is 1. The Labute approximate surface area is 194 Å². The summed E-state index contributed by atoms with van der Waals surface area (Å²) in [4.78, 5) is 27.5. The van der Waals surface area contributed by atoms with Crippen LogP contribution in [-0.4, -0.2) is 47.2 Å². The number of anilines is 2. The van der Waals surface area contributed by atoms with E-state index in [0.29, 0.717) is 40.9 Å². The number of hydrogen-bond acceptors (Lipinski definition) is 6. The van der Waals surface area contributed by atoms with Crippen molar-refractivity contribution in [3.05, 3.63) is 65.7 Å². The van der Waals surface area contributed by atoms with E-state index in [-0.39, 0.29) is 23.7 Å². The molecule has 2 aromatic rings. The fourth-order valence-corrected chi connectivity index (χ4v) is 3.88. The summed E-state index contributed by atoms with van der Waals surface area (Å²) in [5, 5.41) is 3.17. The summed E-state index contributed by atoms with van der Waals surface area (Å²) in [6, 6.07) is 8.14. The Morgan fingerprint density at radius 3 is 2.76 bits per heavy atom. The van der Waals surface area contributed by atoms with Gasteiger partial charge in [0, 0.05) is 49.0 Å². The molecule has 8 heteroatoms. The van der Waals surface area contributed by atoms with Gasteiger partial charge in [0.1, 0.15) is 17.5 Å². The fraction of sp³-hybridized carbons (Fsp3) is 0.360. The van der Waals surface area contributed by atoms with Crippen molar-refractivity contribution < 1.29 is 13.9 Å². The van der Waals surface area contributed by atoms with Crippen LogP contribution < -0.4 is 5.32 Å². The van der Waals surface area contributed by atoms with Crippen LogP contribution in [0, 0.1) is 5.82 Å². The smallest absolute Gasteiger partial charge is 0.219 e. The van der Waals surface area contributed by atoms with E-state index in [1.165, 1.54) is 12.1 Å². The second kappa shape index (κ2) is 10.8. The maximum Gasteiger partial charge on any atom is 0.219 e. The lowest BCUT2D eigenvalue weighted by atomic mass is 9.92. The molecular formula is C25H30FN5O2. The van der Waals surface area contributed by atoms with E-state index in [9.17, 15) is 9.18 Å². The van der Waals surface area contributed by atoms with Crippen LogP contribution in [0.2, 0.25) is 0 Å². The first-order chi connectivity index (χ1) is 15.8. The molecule has 0 spiro atoms. The molecule has 2 atom stereocenters. The number of amides is 1. The molecule has 33 heavy (non-hydrogen) atoms. The molecule has 0 aliphatic carbocycles. The van der Waals surface area contributed by atoms with Crippen molar-refractivity contribution >= 4 is 29.7 Å². The number of rotatable bonds is 7. The Kier molecular flexibility index (Phi) is 7.92.